The van der Waals surface area contributed by atoms with Crippen LogP contribution < -0.4 is 16.9 Å². The summed E-state index contributed by atoms with van der Waals surface area (Å²) in [4.78, 5) is 0. The summed E-state index contributed by atoms with van der Waals surface area (Å²) in [6.45, 7) is 0. The molecular formula is C6H9BN2O2. The molecule has 0 aliphatic heterocycles. The molecule has 1 aromatic carbocycles. The van der Waals surface area contributed by atoms with E-state index in [0.717, 1.165) is 0 Å². The molecule has 1 aromatic rings. The number of hydrogen-bond donors (Lipinski definition) is 4. The van der Waals surface area contributed by atoms with Crippen LogP contribution in [0.25, 0.3) is 0 Å². The van der Waals surface area contributed by atoms with Crippen molar-refractivity contribution >= 4 is 24.0 Å². The zero-order valence-electron chi connectivity index (χ0n) is 5.86. The number of anilines is 2. The predicted molar refractivity (Wildman–Crippen MR) is 45.1 cm³/mol. The zero-order chi connectivity index (χ0) is 8.43. The maximum absolute atomic E-state index is 8.70. The number of hydrogen-bond acceptors (Lipinski definition) is 4. The Balaban J connectivity index is 3.05. The van der Waals surface area contributed by atoms with Crippen molar-refractivity contribution in [1.29, 1.82) is 0 Å². The number of rotatable bonds is 1. The molecule has 0 aliphatic carbocycles. The molecule has 0 atom stereocenters. The lowest BCUT2D eigenvalue weighted by atomic mass is 9.80. The number of nitrogen functional groups attached to an aromatic ring is 2. The van der Waals surface area contributed by atoms with Crippen LogP contribution in [0.4, 0.5) is 11.4 Å². The third kappa shape index (κ3) is 1.63. The van der Waals surface area contributed by atoms with Crippen molar-refractivity contribution in [2.45, 2.75) is 0 Å². The van der Waals surface area contributed by atoms with Crippen LogP contribution in [0.2, 0.25) is 0 Å². The van der Waals surface area contributed by atoms with Gasteiger partial charge in [0.2, 0.25) is 0 Å². The van der Waals surface area contributed by atoms with E-state index in [0.29, 0.717) is 16.8 Å². The quantitative estimate of drug-likeness (QED) is 0.292. The van der Waals surface area contributed by atoms with E-state index in [4.69, 9.17) is 21.5 Å². The first-order valence-electron chi connectivity index (χ1n) is 3.12. The summed E-state index contributed by atoms with van der Waals surface area (Å²) >= 11 is 0. The lowest BCUT2D eigenvalue weighted by molar-refractivity contribution is 0.426. The fraction of sp³-hybridized carbons (Fsp3) is 0. The first-order chi connectivity index (χ1) is 5.11. The van der Waals surface area contributed by atoms with Gasteiger partial charge in [-0.2, -0.15) is 0 Å². The Morgan fingerprint density at radius 2 is 1.73 bits per heavy atom. The van der Waals surface area contributed by atoms with Gasteiger partial charge in [-0.25, -0.2) is 0 Å². The highest BCUT2D eigenvalue weighted by molar-refractivity contribution is 6.58. The van der Waals surface area contributed by atoms with Crippen molar-refractivity contribution in [3.63, 3.8) is 0 Å². The monoisotopic (exact) mass is 152 g/mol. The Kier molecular flexibility index (Phi) is 2.02. The summed E-state index contributed by atoms with van der Waals surface area (Å²) in [7, 11) is -1.49. The third-order valence-electron chi connectivity index (χ3n) is 1.41. The normalized spacial score (nSPS) is 9.64. The Morgan fingerprint density at radius 3 is 2.18 bits per heavy atom. The lowest BCUT2D eigenvalue weighted by Crippen LogP contribution is -2.29. The van der Waals surface area contributed by atoms with Crippen molar-refractivity contribution in [2.75, 3.05) is 11.5 Å². The average molecular weight is 152 g/mol. The molecule has 0 fully saturated rings. The molecule has 0 bridgehead atoms. The van der Waals surface area contributed by atoms with Gasteiger partial charge in [-0.05, 0) is 17.6 Å². The van der Waals surface area contributed by atoms with E-state index >= 15 is 0 Å². The van der Waals surface area contributed by atoms with Crippen LogP contribution in [0, 0.1) is 0 Å². The van der Waals surface area contributed by atoms with Gasteiger partial charge in [-0.15, -0.1) is 0 Å². The fourth-order valence-electron chi connectivity index (χ4n) is 0.754. The predicted octanol–water partition coefficient (Wildman–Crippen LogP) is -1.47. The summed E-state index contributed by atoms with van der Waals surface area (Å²) in [6.07, 6.45) is 0. The minimum absolute atomic E-state index is 0.344. The van der Waals surface area contributed by atoms with Crippen LogP contribution in [0.15, 0.2) is 18.2 Å². The van der Waals surface area contributed by atoms with Gasteiger partial charge in [0.1, 0.15) is 0 Å². The van der Waals surface area contributed by atoms with Gasteiger partial charge in [0.15, 0.2) is 0 Å². The Morgan fingerprint density at radius 1 is 1.09 bits per heavy atom. The van der Waals surface area contributed by atoms with Gasteiger partial charge in [0, 0.05) is 0 Å². The molecule has 0 heterocycles. The van der Waals surface area contributed by atoms with E-state index in [2.05, 4.69) is 0 Å². The molecule has 0 aliphatic rings. The van der Waals surface area contributed by atoms with Crippen LogP contribution in [-0.2, 0) is 0 Å². The first kappa shape index (κ1) is 7.91. The molecule has 11 heavy (non-hydrogen) atoms. The van der Waals surface area contributed by atoms with Crippen LogP contribution >= 0.6 is 0 Å². The van der Waals surface area contributed by atoms with Gasteiger partial charge in [-0.1, -0.05) is 6.07 Å². The summed E-state index contributed by atoms with van der Waals surface area (Å²) in [6, 6.07) is 4.47. The van der Waals surface area contributed by atoms with Gasteiger partial charge in [0.05, 0.1) is 11.4 Å². The minimum Gasteiger partial charge on any atom is -0.423 e. The summed E-state index contributed by atoms with van der Waals surface area (Å²) in [5, 5.41) is 17.4. The second kappa shape index (κ2) is 2.81. The summed E-state index contributed by atoms with van der Waals surface area (Å²) in [5.74, 6) is 0. The van der Waals surface area contributed by atoms with E-state index in [1.54, 1.807) is 0 Å². The first-order valence-corrected chi connectivity index (χ1v) is 3.12. The summed E-state index contributed by atoms with van der Waals surface area (Å²) < 4.78 is 0. The molecule has 0 unspecified atom stereocenters. The van der Waals surface area contributed by atoms with Crippen molar-refractivity contribution in [2.24, 2.45) is 0 Å². The lowest BCUT2D eigenvalue weighted by Gasteiger charge is -2.02. The molecule has 58 valence electrons. The highest BCUT2D eigenvalue weighted by Gasteiger charge is 2.10. The minimum atomic E-state index is -1.49. The Hall–Kier alpha value is -1.20. The number of benzene rings is 1. The van der Waals surface area contributed by atoms with E-state index in [9.17, 15) is 0 Å². The number of nitrogens with two attached hydrogens (primary N) is 2. The van der Waals surface area contributed by atoms with Crippen molar-refractivity contribution < 1.29 is 10.0 Å². The van der Waals surface area contributed by atoms with Crippen LogP contribution in [0.3, 0.4) is 0 Å². The topological polar surface area (TPSA) is 92.5 Å². The second-order valence-corrected chi connectivity index (χ2v) is 2.26. The van der Waals surface area contributed by atoms with E-state index < -0.39 is 7.12 Å². The molecule has 4 nitrogen and oxygen atoms in total. The van der Waals surface area contributed by atoms with E-state index in [1.807, 2.05) is 0 Å². The van der Waals surface area contributed by atoms with E-state index in [1.165, 1.54) is 18.2 Å². The van der Waals surface area contributed by atoms with E-state index in [-0.39, 0.29) is 0 Å². The molecular weight excluding hydrogens is 143 g/mol. The molecule has 0 saturated heterocycles. The highest BCUT2D eigenvalue weighted by Crippen LogP contribution is 2.10. The van der Waals surface area contributed by atoms with Gasteiger partial charge in [0.25, 0.3) is 0 Å². The smallest absolute Gasteiger partial charge is 0.423 e. The van der Waals surface area contributed by atoms with Crippen molar-refractivity contribution in [1.82, 2.24) is 0 Å². The van der Waals surface area contributed by atoms with Crippen LogP contribution in [0.5, 0.6) is 0 Å². The van der Waals surface area contributed by atoms with Gasteiger partial charge >= 0.3 is 7.12 Å². The van der Waals surface area contributed by atoms with Crippen LogP contribution in [0.1, 0.15) is 0 Å². The van der Waals surface area contributed by atoms with Gasteiger partial charge in [-0.3, -0.25) is 0 Å². The third-order valence-corrected chi connectivity index (χ3v) is 1.41. The fourth-order valence-corrected chi connectivity index (χ4v) is 0.754. The average Bonchev–Trinajstić information content (AvgIpc) is 1.94. The maximum Gasteiger partial charge on any atom is 0.488 e. The van der Waals surface area contributed by atoms with Gasteiger partial charge < -0.3 is 21.5 Å². The zero-order valence-corrected chi connectivity index (χ0v) is 5.86. The van der Waals surface area contributed by atoms with Crippen molar-refractivity contribution in [3.05, 3.63) is 18.2 Å². The summed E-state index contributed by atoms with van der Waals surface area (Å²) in [5.41, 5.74) is 12.0. The molecule has 0 radical (unpaired) electrons. The second-order valence-electron chi connectivity index (χ2n) is 2.26. The highest BCUT2D eigenvalue weighted by atomic mass is 16.4. The molecule has 6 N–H and O–H groups in total. The van der Waals surface area contributed by atoms with Crippen LogP contribution in [-0.4, -0.2) is 17.2 Å². The molecule has 0 amide bonds. The largest absolute Gasteiger partial charge is 0.488 e. The standard InChI is InChI=1S/C6H9BN2O2/c8-5-2-1-4(7(10)11)3-6(5)9/h1-3,10-11H,8-9H2. The van der Waals surface area contributed by atoms with Crippen molar-refractivity contribution in [3.8, 4) is 0 Å². The Labute approximate surface area is 64.6 Å². The Bertz CT molecular complexity index is 265. The molecule has 0 spiro atoms. The molecule has 1 rings (SSSR count). The maximum atomic E-state index is 8.70. The molecule has 5 heteroatoms. The SMILES string of the molecule is Nc1ccc(B(O)O)cc1N. The molecule has 0 aromatic heterocycles. The molecule has 0 saturated carbocycles.